The maximum Gasteiger partial charge on any atom is 0.182 e. The summed E-state index contributed by atoms with van der Waals surface area (Å²) in [6.45, 7) is 0. The van der Waals surface area contributed by atoms with Gasteiger partial charge in [-0.25, -0.2) is 13.8 Å². The summed E-state index contributed by atoms with van der Waals surface area (Å²) in [5.74, 6) is -0.591. The molecule has 0 aliphatic heterocycles. The Hall–Kier alpha value is -3.13. The molecule has 0 bridgehead atoms. The molecule has 0 spiro atoms. The molecule has 1 aliphatic rings. The molecule has 3 aromatic heterocycles. The summed E-state index contributed by atoms with van der Waals surface area (Å²) in [5, 5.41) is 18.5. The molecule has 0 unspecified atom stereocenters. The van der Waals surface area contributed by atoms with E-state index in [-0.39, 0.29) is 11.3 Å². The number of pyridine rings is 1. The maximum atomic E-state index is 14.2. The lowest BCUT2D eigenvalue weighted by Crippen LogP contribution is -2.10. The van der Waals surface area contributed by atoms with Gasteiger partial charge in [0.1, 0.15) is 22.9 Å². The van der Waals surface area contributed by atoms with Crippen LogP contribution in [0.3, 0.4) is 0 Å². The van der Waals surface area contributed by atoms with E-state index in [4.69, 9.17) is 4.42 Å². The Balaban J connectivity index is 1.66. The van der Waals surface area contributed by atoms with Crippen molar-refractivity contribution in [1.82, 2.24) is 19.6 Å². The average Bonchev–Trinajstić information content (AvgIpc) is 3.05. The smallest absolute Gasteiger partial charge is 0.182 e. The second kappa shape index (κ2) is 5.18. The van der Waals surface area contributed by atoms with Crippen LogP contribution in [-0.2, 0) is 5.60 Å². The molecule has 1 saturated carbocycles. The zero-order chi connectivity index (χ0) is 17.9. The fourth-order valence-corrected chi connectivity index (χ4v) is 3.01. The van der Waals surface area contributed by atoms with E-state index in [0.29, 0.717) is 35.6 Å². The molecule has 130 valence electrons. The molecule has 4 aromatic rings. The first-order chi connectivity index (χ1) is 12.5. The normalized spacial score (nSPS) is 15.5. The van der Waals surface area contributed by atoms with E-state index < -0.39 is 17.2 Å². The Morgan fingerprint density at radius 1 is 1.12 bits per heavy atom. The highest BCUT2D eigenvalue weighted by atomic mass is 19.1. The minimum atomic E-state index is -0.953. The van der Waals surface area contributed by atoms with Crippen LogP contribution in [0.2, 0.25) is 0 Å². The van der Waals surface area contributed by atoms with E-state index in [1.807, 2.05) is 0 Å². The number of rotatable bonds is 3. The van der Waals surface area contributed by atoms with E-state index >= 15 is 0 Å². The molecule has 1 fully saturated rings. The molecular weight excluding hydrogens is 342 g/mol. The highest BCUT2D eigenvalue weighted by Crippen LogP contribution is 2.44. The van der Waals surface area contributed by atoms with E-state index in [1.165, 1.54) is 18.5 Å². The van der Waals surface area contributed by atoms with Crippen LogP contribution in [0.25, 0.3) is 28.2 Å². The van der Waals surface area contributed by atoms with E-state index in [1.54, 1.807) is 22.7 Å². The van der Waals surface area contributed by atoms with Crippen molar-refractivity contribution in [2.45, 2.75) is 18.4 Å². The summed E-state index contributed by atoms with van der Waals surface area (Å²) in [7, 11) is 0. The van der Waals surface area contributed by atoms with Gasteiger partial charge in [0.15, 0.2) is 23.6 Å². The van der Waals surface area contributed by atoms with Crippen molar-refractivity contribution in [3.8, 4) is 22.6 Å². The molecule has 0 radical (unpaired) electrons. The van der Waals surface area contributed by atoms with E-state index in [0.717, 1.165) is 6.07 Å². The van der Waals surface area contributed by atoms with Crippen molar-refractivity contribution < 1.29 is 18.3 Å². The second-order valence-electron chi connectivity index (χ2n) is 6.36. The van der Waals surface area contributed by atoms with Gasteiger partial charge in [-0.15, -0.1) is 10.2 Å². The summed E-state index contributed by atoms with van der Waals surface area (Å²) in [6.07, 6.45) is 4.18. The second-order valence-corrected chi connectivity index (χ2v) is 6.36. The van der Waals surface area contributed by atoms with Crippen LogP contribution in [0.5, 0.6) is 0 Å². The lowest BCUT2D eigenvalue weighted by Gasteiger charge is -2.07. The number of halogens is 2. The third-order valence-corrected chi connectivity index (χ3v) is 4.56. The number of hydrogen-bond donors (Lipinski definition) is 1. The Morgan fingerprint density at radius 3 is 2.73 bits per heavy atom. The van der Waals surface area contributed by atoms with Gasteiger partial charge in [-0.1, -0.05) is 0 Å². The third kappa shape index (κ3) is 2.22. The van der Waals surface area contributed by atoms with Crippen LogP contribution in [0.15, 0.2) is 47.3 Å². The van der Waals surface area contributed by atoms with Crippen LogP contribution in [0.4, 0.5) is 8.78 Å². The number of aliphatic hydroxyl groups is 1. The fraction of sp³-hybridized carbons (Fsp3) is 0.167. The standard InChI is InChI=1S/C18H12F2N4O2/c19-11-2-3-12(13(20)7-11)15-16(26-9-21-15)10-1-4-14-22-23-17(24(14)8-10)18(25)5-6-18/h1-4,7-9,25H,5-6H2. The first-order valence-electron chi connectivity index (χ1n) is 8.02. The van der Waals surface area contributed by atoms with Gasteiger partial charge in [0, 0.05) is 23.4 Å². The van der Waals surface area contributed by atoms with Crippen molar-refractivity contribution in [1.29, 1.82) is 0 Å². The summed E-state index contributed by atoms with van der Waals surface area (Å²) in [6, 6.07) is 6.76. The number of aromatic nitrogens is 4. The first-order valence-corrected chi connectivity index (χ1v) is 8.02. The lowest BCUT2D eigenvalue weighted by atomic mass is 10.1. The fourth-order valence-electron chi connectivity index (χ4n) is 3.01. The van der Waals surface area contributed by atoms with Gasteiger partial charge in [0.05, 0.1) is 0 Å². The van der Waals surface area contributed by atoms with Gasteiger partial charge >= 0.3 is 0 Å². The monoisotopic (exact) mass is 354 g/mol. The summed E-state index contributed by atoms with van der Waals surface area (Å²) >= 11 is 0. The Labute approximate surface area is 145 Å². The summed E-state index contributed by atoms with van der Waals surface area (Å²) in [4.78, 5) is 4.09. The van der Waals surface area contributed by atoms with Crippen molar-refractivity contribution in [2.75, 3.05) is 0 Å². The highest BCUT2D eigenvalue weighted by molar-refractivity contribution is 5.77. The number of benzene rings is 1. The van der Waals surface area contributed by atoms with Gasteiger partial charge in [-0.05, 0) is 37.1 Å². The Kier molecular flexibility index (Phi) is 3.02. The molecule has 8 heteroatoms. The van der Waals surface area contributed by atoms with Crippen LogP contribution in [0.1, 0.15) is 18.7 Å². The molecule has 1 aromatic carbocycles. The van der Waals surface area contributed by atoms with Crippen molar-refractivity contribution in [2.24, 2.45) is 0 Å². The van der Waals surface area contributed by atoms with Crippen LogP contribution >= 0.6 is 0 Å². The summed E-state index contributed by atoms with van der Waals surface area (Å²) in [5.41, 5.74) is 0.643. The predicted molar refractivity (Wildman–Crippen MR) is 87.0 cm³/mol. The zero-order valence-corrected chi connectivity index (χ0v) is 13.4. The molecular formula is C18H12F2N4O2. The van der Waals surface area contributed by atoms with Crippen molar-refractivity contribution >= 4 is 5.65 Å². The topological polar surface area (TPSA) is 76.5 Å². The average molecular weight is 354 g/mol. The molecule has 0 saturated heterocycles. The van der Waals surface area contributed by atoms with Gasteiger partial charge in [0.25, 0.3) is 0 Å². The summed E-state index contributed by atoms with van der Waals surface area (Å²) < 4.78 is 34.5. The van der Waals surface area contributed by atoms with Gasteiger partial charge in [-0.2, -0.15) is 0 Å². The number of nitrogens with zero attached hydrogens (tertiary/aromatic N) is 4. The van der Waals surface area contributed by atoms with Crippen LogP contribution < -0.4 is 0 Å². The molecule has 1 aliphatic carbocycles. The molecule has 0 amide bonds. The maximum absolute atomic E-state index is 14.2. The molecule has 3 heterocycles. The Morgan fingerprint density at radius 2 is 1.96 bits per heavy atom. The molecule has 6 nitrogen and oxygen atoms in total. The number of fused-ring (bicyclic) bond motifs is 1. The van der Waals surface area contributed by atoms with Crippen molar-refractivity contribution in [3.63, 3.8) is 0 Å². The van der Waals surface area contributed by atoms with Crippen LogP contribution in [-0.4, -0.2) is 24.7 Å². The van der Waals surface area contributed by atoms with Gasteiger partial charge in [0.2, 0.25) is 0 Å². The van der Waals surface area contributed by atoms with E-state index in [9.17, 15) is 13.9 Å². The highest BCUT2D eigenvalue weighted by Gasteiger charge is 2.46. The van der Waals surface area contributed by atoms with Crippen molar-refractivity contribution in [3.05, 3.63) is 60.4 Å². The lowest BCUT2D eigenvalue weighted by molar-refractivity contribution is 0.140. The van der Waals surface area contributed by atoms with Gasteiger partial charge in [-0.3, -0.25) is 4.40 Å². The first kappa shape index (κ1) is 15.2. The predicted octanol–water partition coefficient (Wildman–Crippen LogP) is 3.31. The quantitative estimate of drug-likeness (QED) is 0.611. The zero-order valence-electron chi connectivity index (χ0n) is 13.4. The van der Waals surface area contributed by atoms with Crippen LogP contribution in [0, 0.1) is 11.6 Å². The number of oxazole rings is 1. The number of hydrogen-bond acceptors (Lipinski definition) is 5. The molecule has 1 N–H and O–H groups in total. The molecule has 0 atom stereocenters. The molecule has 5 rings (SSSR count). The third-order valence-electron chi connectivity index (χ3n) is 4.56. The minimum Gasteiger partial charge on any atom is -0.443 e. The largest absolute Gasteiger partial charge is 0.443 e. The SMILES string of the molecule is OC1(c2nnc3ccc(-c4ocnc4-c4ccc(F)cc4F)cn23)CC1. The molecule has 26 heavy (non-hydrogen) atoms. The Bertz CT molecular complexity index is 1150. The minimum absolute atomic E-state index is 0.139. The van der Waals surface area contributed by atoms with E-state index in [2.05, 4.69) is 15.2 Å². The van der Waals surface area contributed by atoms with Gasteiger partial charge < -0.3 is 9.52 Å².